The zero-order valence-electron chi connectivity index (χ0n) is 4.29. The van der Waals surface area contributed by atoms with Crippen molar-refractivity contribution < 1.29 is 0 Å². The molecule has 0 saturated carbocycles. The lowest BCUT2D eigenvalue weighted by Gasteiger charge is -2.01. The first-order valence-electron chi connectivity index (χ1n) is 2.38. The summed E-state index contributed by atoms with van der Waals surface area (Å²) in [6.07, 6.45) is 6.33. The van der Waals surface area contributed by atoms with Crippen LogP contribution in [0.5, 0.6) is 0 Å². The van der Waals surface area contributed by atoms with E-state index in [9.17, 15) is 0 Å². The zero-order valence-corrected chi connectivity index (χ0v) is 5.11. The van der Waals surface area contributed by atoms with Crippen LogP contribution >= 0.6 is 11.8 Å². The minimum absolute atomic E-state index is 0.685. The summed E-state index contributed by atoms with van der Waals surface area (Å²) in [5.74, 6) is 0. The summed E-state index contributed by atoms with van der Waals surface area (Å²) in [6.45, 7) is 2.19. The van der Waals surface area contributed by atoms with E-state index in [0.717, 1.165) is 0 Å². The fourth-order valence-corrected chi connectivity index (χ4v) is 1.09. The van der Waals surface area contributed by atoms with Gasteiger partial charge in [0.2, 0.25) is 0 Å². The van der Waals surface area contributed by atoms with Gasteiger partial charge >= 0.3 is 0 Å². The molecule has 0 bridgehead atoms. The van der Waals surface area contributed by atoms with E-state index in [4.69, 9.17) is 0 Å². The number of hydrogen-bond donors (Lipinski definition) is 0. The Kier molecular flexibility index (Phi) is 1.58. The summed E-state index contributed by atoms with van der Waals surface area (Å²) in [7, 11) is 0. The molecule has 1 heterocycles. The molecule has 0 N–H and O–H groups in total. The molecule has 1 rings (SSSR count). The lowest BCUT2D eigenvalue weighted by atomic mass is 10.4. The van der Waals surface area contributed by atoms with Gasteiger partial charge in [-0.15, -0.1) is 11.8 Å². The second-order valence-corrected chi connectivity index (χ2v) is 2.84. The summed E-state index contributed by atoms with van der Waals surface area (Å²) in [5, 5.41) is 2.80. The van der Waals surface area contributed by atoms with Crippen LogP contribution in [0.3, 0.4) is 0 Å². The Hall–Kier alpha value is -0.170. The summed E-state index contributed by atoms with van der Waals surface area (Å²) in [6, 6.07) is 0. The van der Waals surface area contributed by atoms with Crippen LogP contribution in [0.25, 0.3) is 0 Å². The van der Waals surface area contributed by atoms with Gasteiger partial charge in [-0.05, 0) is 12.3 Å². The fourth-order valence-electron chi connectivity index (χ4n) is 0.481. The van der Waals surface area contributed by atoms with Gasteiger partial charge in [-0.1, -0.05) is 18.2 Å². The van der Waals surface area contributed by atoms with Gasteiger partial charge in [0.15, 0.2) is 0 Å². The van der Waals surface area contributed by atoms with Crippen molar-refractivity contribution in [2.24, 2.45) is 0 Å². The maximum absolute atomic E-state index is 2.19. The van der Waals surface area contributed by atoms with E-state index in [1.165, 1.54) is 0 Å². The highest BCUT2D eigenvalue weighted by atomic mass is 32.2. The third-order valence-corrected chi connectivity index (χ3v) is 1.77. The van der Waals surface area contributed by atoms with Crippen molar-refractivity contribution in [1.82, 2.24) is 0 Å². The molecule has 0 unspecified atom stereocenters. The van der Waals surface area contributed by atoms with Crippen LogP contribution in [0, 0.1) is 0 Å². The van der Waals surface area contributed by atoms with Gasteiger partial charge < -0.3 is 0 Å². The number of hydrogen-bond acceptors (Lipinski definition) is 1. The lowest BCUT2D eigenvalue weighted by Crippen LogP contribution is -1.87. The normalized spacial score (nSPS) is 28.4. The Labute approximate surface area is 48.3 Å². The molecule has 0 spiro atoms. The molecule has 1 atom stereocenters. The topological polar surface area (TPSA) is 0 Å². The van der Waals surface area contributed by atoms with E-state index in [0.29, 0.717) is 5.25 Å². The van der Waals surface area contributed by atoms with Gasteiger partial charge in [0, 0.05) is 5.25 Å². The molecule has 0 amide bonds. The predicted octanol–water partition coefficient (Wildman–Crippen LogP) is 2.19. The molecule has 0 aromatic carbocycles. The van der Waals surface area contributed by atoms with E-state index in [1.807, 2.05) is 11.8 Å². The molecule has 0 aliphatic carbocycles. The smallest absolute Gasteiger partial charge is 0.0243 e. The van der Waals surface area contributed by atoms with Crippen LogP contribution < -0.4 is 0 Å². The fraction of sp³-hybridized carbons (Fsp3) is 0.333. The highest BCUT2D eigenvalue weighted by molar-refractivity contribution is 8.02. The maximum atomic E-state index is 2.19. The molecule has 38 valence electrons. The van der Waals surface area contributed by atoms with Crippen molar-refractivity contribution in [2.75, 3.05) is 0 Å². The molecule has 1 heteroatoms. The van der Waals surface area contributed by atoms with E-state index in [-0.39, 0.29) is 0 Å². The Morgan fingerprint density at radius 2 is 2.29 bits per heavy atom. The zero-order chi connectivity index (χ0) is 5.11. The van der Waals surface area contributed by atoms with E-state index in [2.05, 4.69) is 30.6 Å². The van der Waals surface area contributed by atoms with Crippen LogP contribution in [-0.2, 0) is 0 Å². The van der Waals surface area contributed by atoms with Gasteiger partial charge in [0.1, 0.15) is 0 Å². The average molecular weight is 112 g/mol. The summed E-state index contributed by atoms with van der Waals surface area (Å²) >= 11 is 1.85. The van der Waals surface area contributed by atoms with Crippen LogP contribution in [0.1, 0.15) is 6.92 Å². The van der Waals surface area contributed by atoms with Gasteiger partial charge in [0.05, 0.1) is 0 Å². The first-order chi connectivity index (χ1) is 3.39. The molecule has 0 aromatic rings. The monoisotopic (exact) mass is 112 g/mol. The first kappa shape index (κ1) is 4.98. The van der Waals surface area contributed by atoms with Gasteiger partial charge in [0.25, 0.3) is 0 Å². The average Bonchev–Trinajstić information content (AvgIpc) is 1.69. The Bertz CT molecular complexity index is 103. The summed E-state index contributed by atoms with van der Waals surface area (Å²) in [4.78, 5) is 0. The first-order valence-corrected chi connectivity index (χ1v) is 3.32. The Morgan fingerprint density at radius 3 is 2.57 bits per heavy atom. The van der Waals surface area contributed by atoms with E-state index < -0.39 is 0 Å². The van der Waals surface area contributed by atoms with Crippen LogP contribution in [-0.4, -0.2) is 5.25 Å². The highest BCUT2D eigenvalue weighted by Gasteiger charge is 1.93. The Balaban J connectivity index is 2.49. The molecule has 0 aromatic heterocycles. The third kappa shape index (κ3) is 1.39. The molecule has 0 nitrogen and oxygen atoms in total. The van der Waals surface area contributed by atoms with Crippen LogP contribution in [0.4, 0.5) is 0 Å². The molecular formula is C6H8S. The quantitative estimate of drug-likeness (QED) is 0.463. The minimum atomic E-state index is 0.685. The second-order valence-electron chi connectivity index (χ2n) is 1.55. The third-order valence-electron chi connectivity index (χ3n) is 0.865. The maximum Gasteiger partial charge on any atom is 0.0243 e. The number of thioether (sulfide) groups is 1. The van der Waals surface area contributed by atoms with Crippen LogP contribution in [0.15, 0.2) is 23.6 Å². The molecule has 1 aliphatic rings. The summed E-state index contributed by atoms with van der Waals surface area (Å²) < 4.78 is 0. The molecule has 7 heavy (non-hydrogen) atoms. The van der Waals surface area contributed by atoms with Gasteiger partial charge in [-0.3, -0.25) is 0 Å². The van der Waals surface area contributed by atoms with Crippen molar-refractivity contribution in [2.45, 2.75) is 12.2 Å². The van der Waals surface area contributed by atoms with Crippen molar-refractivity contribution in [3.63, 3.8) is 0 Å². The van der Waals surface area contributed by atoms with Crippen LogP contribution in [0.2, 0.25) is 0 Å². The number of rotatable bonds is 0. The van der Waals surface area contributed by atoms with E-state index >= 15 is 0 Å². The van der Waals surface area contributed by atoms with Gasteiger partial charge in [-0.2, -0.15) is 0 Å². The minimum Gasteiger partial charge on any atom is -0.127 e. The lowest BCUT2D eigenvalue weighted by molar-refractivity contribution is 1.25. The summed E-state index contributed by atoms with van der Waals surface area (Å²) in [5.41, 5.74) is 0. The molecule has 1 aliphatic heterocycles. The SMILES string of the molecule is C[C@@H]1C=CC=CS1. The molecule has 0 saturated heterocycles. The highest BCUT2D eigenvalue weighted by Crippen LogP contribution is 2.16. The molecule has 0 radical (unpaired) electrons. The standard InChI is InChI=1S/C6H8S/c1-6-4-2-3-5-7-6/h2-6H,1H3/t6-/m1/s1. The molecule has 0 fully saturated rings. The molecular weight excluding hydrogens is 104 g/mol. The van der Waals surface area contributed by atoms with Crippen molar-refractivity contribution >= 4 is 11.8 Å². The predicted molar refractivity (Wildman–Crippen MR) is 35.3 cm³/mol. The van der Waals surface area contributed by atoms with E-state index in [1.54, 1.807) is 0 Å². The number of allylic oxidation sites excluding steroid dienone is 2. The van der Waals surface area contributed by atoms with Crippen molar-refractivity contribution in [3.8, 4) is 0 Å². The largest absolute Gasteiger partial charge is 0.127 e. The van der Waals surface area contributed by atoms with Gasteiger partial charge in [-0.25, -0.2) is 0 Å². The Morgan fingerprint density at radius 1 is 1.43 bits per heavy atom. The second kappa shape index (κ2) is 2.22. The van der Waals surface area contributed by atoms with Crippen molar-refractivity contribution in [1.29, 1.82) is 0 Å². The van der Waals surface area contributed by atoms with Crippen molar-refractivity contribution in [3.05, 3.63) is 23.6 Å².